The Morgan fingerprint density at radius 3 is 2.82 bits per heavy atom. The molecule has 4 rings (SSSR count). The van der Waals surface area contributed by atoms with E-state index >= 15 is 0 Å². The van der Waals surface area contributed by atoms with Crippen LogP contribution >= 0.6 is 0 Å². The van der Waals surface area contributed by atoms with Gasteiger partial charge in [0.25, 0.3) is 0 Å². The van der Waals surface area contributed by atoms with Crippen LogP contribution in [0, 0.1) is 11.3 Å². The molecule has 2 aliphatic rings. The molecule has 0 radical (unpaired) electrons. The van der Waals surface area contributed by atoms with Crippen molar-refractivity contribution in [2.24, 2.45) is 0 Å². The number of ether oxygens (including phenoxy) is 3. The van der Waals surface area contributed by atoms with E-state index in [-0.39, 0.29) is 25.5 Å². The van der Waals surface area contributed by atoms with Crippen LogP contribution in [-0.4, -0.2) is 44.1 Å². The van der Waals surface area contributed by atoms with Crippen molar-refractivity contribution >= 4 is 5.69 Å². The number of aliphatic hydroxyl groups excluding tert-OH is 1. The topological polar surface area (TPSA) is 75.0 Å². The maximum Gasteiger partial charge on any atom is 0.184 e. The molecule has 2 heterocycles. The maximum absolute atomic E-state index is 10.1. The molecule has 0 bridgehead atoms. The van der Waals surface area contributed by atoms with Gasteiger partial charge in [0, 0.05) is 12.1 Å². The number of para-hydroxylation sites is 1. The molecule has 0 saturated carbocycles. The van der Waals surface area contributed by atoms with E-state index in [9.17, 15) is 5.11 Å². The monoisotopic (exact) mass is 380 g/mol. The lowest BCUT2D eigenvalue weighted by atomic mass is 10.0. The second-order valence-electron chi connectivity index (χ2n) is 7.01. The molecule has 2 aromatic rings. The third-order valence-electron chi connectivity index (χ3n) is 5.25. The predicted molar refractivity (Wildman–Crippen MR) is 104 cm³/mol. The summed E-state index contributed by atoms with van der Waals surface area (Å²) in [6.07, 6.45) is 1.30. The van der Waals surface area contributed by atoms with Crippen molar-refractivity contribution < 1.29 is 19.3 Å². The Bertz CT molecular complexity index is 858. The summed E-state index contributed by atoms with van der Waals surface area (Å²) >= 11 is 0. The standard InChI is InChI=1S/C22H24N2O4/c23-8-10-26-20-6-2-4-17-7-9-24(21(17)20)19(15-25)14-16-3-1-5-18(13-16)22-27-11-12-28-22/h1-6,13,19,22,25H,7,9-12,14-15H2/t19-/m0/s1. The van der Waals surface area contributed by atoms with E-state index in [1.54, 1.807) is 0 Å². The first kappa shape index (κ1) is 18.8. The molecule has 1 saturated heterocycles. The molecule has 1 N–H and O–H groups in total. The zero-order valence-corrected chi connectivity index (χ0v) is 15.7. The van der Waals surface area contributed by atoms with Gasteiger partial charge < -0.3 is 24.2 Å². The summed E-state index contributed by atoms with van der Waals surface area (Å²) in [6, 6.07) is 16.0. The van der Waals surface area contributed by atoms with Crippen molar-refractivity contribution in [2.75, 3.05) is 37.9 Å². The number of benzene rings is 2. The summed E-state index contributed by atoms with van der Waals surface area (Å²) in [6.45, 7) is 2.10. The molecule has 146 valence electrons. The van der Waals surface area contributed by atoms with Gasteiger partial charge in [0.1, 0.15) is 11.8 Å². The van der Waals surface area contributed by atoms with Gasteiger partial charge in [0.05, 0.1) is 31.5 Å². The zero-order chi connectivity index (χ0) is 19.3. The number of fused-ring (bicyclic) bond motifs is 1. The molecular formula is C22H24N2O4. The van der Waals surface area contributed by atoms with Crippen LogP contribution in [0.1, 0.15) is 23.0 Å². The molecule has 2 aliphatic heterocycles. The second-order valence-corrected chi connectivity index (χ2v) is 7.01. The Morgan fingerprint density at radius 2 is 2.04 bits per heavy atom. The fourth-order valence-electron chi connectivity index (χ4n) is 4.00. The van der Waals surface area contributed by atoms with E-state index in [0.29, 0.717) is 25.4 Å². The summed E-state index contributed by atoms with van der Waals surface area (Å²) in [7, 11) is 0. The summed E-state index contributed by atoms with van der Waals surface area (Å²) in [4.78, 5) is 2.21. The van der Waals surface area contributed by atoms with Gasteiger partial charge in [-0.25, -0.2) is 0 Å². The number of nitriles is 1. The molecule has 1 atom stereocenters. The van der Waals surface area contributed by atoms with Crippen LogP contribution in [-0.2, 0) is 22.3 Å². The molecule has 0 unspecified atom stereocenters. The molecular weight excluding hydrogens is 356 g/mol. The van der Waals surface area contributed by atoms with E-state index in [1.807, 2.05) is 30.3 Å². The summed E-state index contributed by atoms with van der Waals surface area (Å²) < 4.78 is 16.8. The van der Waals surface area contributed by atoms with Gasteiger partial charge in [-0.15, -0.1) is 0 Å². The number of hydrogen-bond acceptors (Lipinski definition) is 6. The average molecular weight is 380 g/mol. The lowest BCUT2D eigenvalue weighted by Gasteiger charge is -2.30. The second kappa shape index (κ2) is 8.61. The molecule has 0 aromatic heterocycles. The molecule has 6 heteroatoms. The number of rotatable bonds is 7. The van der Waals surface area contributed by atoms with Crippen molar-refractivity contribution in [1.29, 1.82) is 5.26 Å². The normalized spacial score (nSPS) is 17.4. The highest BCUT2D eigenvalue weighted by atomic mass is 16.7. The van der Waals surface area contributed by atoms with Gasteiger partial charge in [-0.2, -0.15) is 5.26 Å². The van der Waals surface area contributed by atoms with Crippen LogP contribution in [0.25, 0.3) is 0 Å². The first-order valence-electron chi connectivity index (χ1n) is 9.61. The average Bonchev–Trinajstić information content (AvgIpc) is 3.41. The lowest BCUT2D eigenvalue weighted by Crippen LogP contribution is -2.38. The fraction of sp³-hybridized carbons (Fsp3) is 0.409. The SMILES string of the molecule is N#CCOc1cccc2c1N([C@H](CO)Cc1cccc(C3OCCO3)c1)CC2. The first-order valence-corrected chi connectivity index (χ1v) is 9.61. The predicted octanol–water partition coefficient (Wildman–Crippen LogP) is 2.60. The minimum atomic E-state index is -0.300. The van der Waals surface area contributed by atoms with Crippen molar-refractivity contribution in [2.45, 2.75) is 25.2 Å². The smallest absolute Gasteiger partial charge is 0.184 e. The summed E-state index contributed by atoms with van der Waals surface area (Å²) in [5.41, 5.74) is 4.32. The Hall–Kier alpha value is -2.59. The third kappa shape index (κ3) is 3.83. The fourth-order valence-corrected chi connectivity index (χ4v) is 4.00. The van der Waals surface area contributed by atoms with E-state index < -0.39 is 0 Å². The minimum Gasteiger partial charge on any atom is -0.477 e. The van der Waals surface area contributed by atoms with Crippen LogP contribution in [0.3, 0.4) is 0 Å². The molecule has 2 aromatic carbocycles. The van der Waals surface area contributed by atoms with Crippen LogP contribution in [0.5, 0.6) is 5.75 Å². The summed E-state index contributed by atoms with van der Waals surface area (Å²) in [5, 5.41) is 19.0. The van der Waals surface area contributed by atoms with Crippen LogP contribution in [0.2, 0.25) is 0 Å². The van der Waals surface area contributed by atoms with Crippen molar-refractivity contribution in [3.05, 3.63) is 59.2 Å². The third-order valence-corrected chi connectivity index (χ3v) is 5.25. The molecule has 0 aliphatic carbocycles. The van der Waals surface area contributed by atoms with Crippen molar-refractivity contribution in [3.8, 4) is 11.8 Å². The first-order chi connectivity index (χ1) is 13.8. The Morgan fingerprint density at radius 1 is 1.21 bits per heavy atom. The van der Waals surface area contributed by atoms with E-state index in [4.69, 9.17) is 19.5 Å². The van der Waals surface area contributed by atoms with Gasteiger partial charge in [-0.05, 0) is 30.0 Å². The highest BCUT2D eigenvalue weighted by molar-refractivity contribution is 5.68. The van der Waals surface area contributed by atoms with Crippen LogP contribution in [0.4, 0.5) is 5.69 Å². The molecule has 28 heavy (non-hydrogen) atoms. The quantitative estimate of drug-likeness (QED) is 0.796. The van der Waals surface area contributed by atoms with E-state index in [0.717, 1.165) is 29.8 Å². The van der Waals surface area contributed by atoms with Crippen LogP contribution < -0.4 is 9.64 Å². The van der Waals surface area contributed by atoms with Crippen molar-refractivity contribution in [1.82, 2.24) is 0 Å². The van der Waals surface area contributed by atoms with Gasteiger partial charge in [0.2, 0.25) is 0 Å². The molecule has 0 spiro atoms. The Labute approximate surface area is 164 Å². The molecule has 0 amide bonds. The Balaban J connectivity index is 1.55. The van der Waals surface area contributed by atoms with Crippen molar-refractivity contribution in [3.63, 3.8) is 0 Å². The van der Waals surface area contributed by atoms with E-state index in [1.165, 1.54) is 5.56 Å². The Kier molecular flexibility index (Phi) is 5.77. The number of anilines is 1. The largest absolute Gasteiger partial charge is 0.477 e. The van der Waals surface area contributed by atoms with Gasteiger partial charge in [-0.1, -0.05) is 36.4 Å². The highest BCUT2D eigenvalue weighted by Crippen LogP contribution is 2.39. The molecule has 1 fully saturated rings. The lowest BCUT2D eigenvalue weighted by molar-refractivity contribution is -0.0441. The summed E-state index contributed by atoms with van der Waals surface area (Å²) in [5.74, 6) is 0.705. The minimum absolute atomic E-state index is 0.0114. The highest BCUT2D eigenvalue weighted by Gasteiger charge is 2.29. The zero-order valence-electron chi connectivity index (χ0n) is 15.7. The maximum atomic E-state index is 10.1. The number of hydrogen-bond donors (Lipinski definition) is 1. The number of nitrogens with zero attached hydrogens (tertiary/aromatic N) is 2. The molecule has 6 nitrogen and oxygen atoms in total. The van der Waals surface area contributed by atoms with Gasteiger partial charge in [0.15, 0.2) is 12.9 Å². The number of aliphatic hydroxyl groups is 1. The van der Waals surface area contributed by atoms with E-state index in [2.05, 4.69) is 23.1 Å². The van der Waals surface area contributed by atoms with Gasteiger partial charge >= 0.3 is 0 Å². The van der Waals surface area contributed by atoms with Crippen LogP contribution in [0.15, 0.2) is 42.5 Å². The van der Waals surface area contributed by atoms with Gasteiger partial charge in [-0.3, -0.25) is 0 Å².